The van der Waals surface area contributed by atoms with E-state index >= 15 is 0 Å². The van der Waals surface area contributed by atoms with Gasteiger partial charge in [-0.3, -0.25) is 8.37 Å². The van der Waals surface area contributed by atoms with Crippen molar-refractivity contribution in [2.24, 2.45) is 0 Å². The topological polar surface area (TPSA) is 180 Å². The van der Waals surface area contributed by atoms with Gasteiger partial charge in [-0.1, -0.05) is 36.4 Å². The summed E-state index contributed by atoms with van der Waals surface area (Å²) in [6.45, 7) is -2.15. The van der Waals surface area contributed by atoms with Crippen LogP contribution in [0.2, 0.25) is 0 Å². The summed E-state index contributed by atoms with van der Waals surface area (Å²) in [5, 5.41) is 19.8. The van der Waals surface area contributed by atoms with Gasteiger partial charge in [0.1, 0.15) is 12.2 Å². The largest absolute Gasteiger partial charge is 0.452 e. The van der Waals surface area contributed by atoms with Crippen LogP contribution in [0.15, 0.2) is 60.7 Å². The summed E-state index contributed by atoms with van der Waals surface area (Å²) in [6, 6.07) is 14.7. The summed E-state index contributed by atoms with van der Waals surface area (Å²) in [6.07, 6.45) is -6.34. The number of esters is 2. The van der Waals surface area contributed by atoms with Gasteiger partial charge >= 0.3 is 11.9 Å². The Bertz CT molecular complexity index is 1120. The van der Waals surface area contributed by atoms with Gasteiger partial charge in [0.15, 0.2) is 12.2 Å². The molecule has 12 nitrogen and oxygen atoms in total. The first kappa shape index (κ1) is 29.4. The van der Waals surface area contributed by atoms with E-state index in [4.69, 9.17) is 17.8 Å². The quantitative estimate of drug-likeness (QED) is 0.256. The summed E-state index contributed by atoms with van der Waals surface area (Å²) in [5.74, 6) is -2.10. The number of carbonyl (C=O) groups excluding carboxylic acids is 2. The molecule has 36 heavy (non-hydrogen) atoms. The fourth-order valence-corrected chi connectivity index (χ4v) is 4.31. The standard InChI is InChI=1S/C22H26O12S2/c1-35(27,28)33-17(13-23)19(31-21(25)15-9-5-3-6-10-15)20(18(14-24)34-36(2,29)30)32-22(26)16-11-7-4-8-12-16/h3-12,17-20,23-24H,13-14H2,1-2H3/t17-,18-,19-,20-/m1/s1. The molecule has 0 saturated carbocycles. The van der Waals surface area contributed by atoms with Crippen molar-refractivity contribution in [3.05, 3.63) is 71.8 Å². The fraction of sp³-hybridized carbons (Fsp3) is 0.364. The number of hydrogen-bond acceptors (Lipinski definition) is 12. The minimum absolute atomic E-state index is 0.00346. The zero-order valence-corrected chi connectivity index (χ0v) is 20.9. The van der Waals surface area contributed by atoms with Crippen molar-refractivity contribution in [2.45, 2.75) is 24.4 Å². The molecule has 0 aliphatic carbocycles. The lowest BCUT2D eigenvalue weighted by molar-refractivity contribution is -0.119. The summed E-state index contributed by atoms with van der Waals surface area (Å²) in [4.78, 5) is 25.7. The molecule has 0 unspecified atom stereocenters. The lowest BCUT2D eigenvalue weighted by Crippen LogP contribution is -2.54. The highest BCUT2D eigenvalue weighted by atomic mass is 32.2. The van der Waals surface area contributed by atoms with Gasteiger partial charge in [0.05, 0.1) is 36.9 Å². The van der Waals surface area contributed by atoms with Crippen molar-refractivity contribution in [1.82, 2.24) is 0 Å². The van der Waals surface area contributed by atoms with E-state index in [1.807, 2.05) is 0 Å². The molecule has 2 rings (SSSR count). The average Bonchev–Trinajstić information content (AvgIpc) is 2.83. The van der Waals surface area contributed by atoms with E-state index in [2.05, 4.69) is 0 Å². The third-order valence-electron chi connectivity index (χ3n) is 4.52. The van der Waals surface area contributed by atoms with Crippen LogP contribution in [0.25, 0.3) is 0 Å². The van der Waals surface area contributed by atoms with Gasteiger partial charge in [-0.25, -0.2) is 9.59 Å². The number of aliphatic hydroxyl groups excluding tert-OH is 2. The van der Waals surface area contributed by atoms with Crippen LogP contribution in [0.1, 0.15) is 20.7 Å². The molecule has 0 saturated heterocycles. The van der Waals surface area contributed by atoms with E-state index in [1.54, 1.807) is 12.1 Å². The second-order valence-corrected chi connectivity index (χ2v) is 10.7. The smallest absolute Gasteiger partial charge is 0.338 e. The number of carbonyl (C=O) groups is 2. The zero-order valence-electron chi connectivity index (χ0n) is 19.3. The van der Waals surface area contributed by atoms with Gasteiger partial charge in [-0.05, 0) is 24.3 Å². The van der Waals surface area contributed by atoms with Crippen molar-refractivity contribution in [3.8, 4) is 0 Å². The number of ether oxygens (including phenoxy) is 2. The molecule has 0 radical (unpaired) electrons. The van der Waals surface area contributed by atoms with Crippen molar-refractivity contribution < 1.29 is 54.5 Å². The van der Waals surface area contributed by atoms with Crippen LogP contribution >= 0.6 is 0 Å². The van der Waals surface area contributed by atoms with Crippen LogP contribution < -0.4 is 0 Å². The first-order valence-electron chi connectivity index (χ1n) is 10.3. The molecule has 0 bridgehead atoms. The third-order valence-corrected chi connectivity index (χ3v) is 5.71. The number of hydrogen-bond donors (Lipinski definition) is 2. The molecule has 2 N–H and O–H groups in total. The molecular weight excluding hydrogens is 520 g/mol. The fourth-order valence-electron chi connectivity index (χ4n) is 3.07. The number of benzene rings is 2. The van der Waals surface area contributed by atoms with E-state index < -0.39 is 69.8 Å². The first-order valence-corrected chi connectivity index (χ1v) is 14.0. The van der Waals surface area contributed by atoms with E-state index in [-0.39, 0.29) is 11.1 Å². The second-order valence-electron chi connectivity index (χ2n) is 7.51. The molecule has 0 aromatic heterocycles. The number of aliphatic hydroxyl groups is 2. The van der Waals surface area contributed by atoms with Crippen LogP contribution in [0, 0.1) is 0 Å². The molecule has 2 aromatic rings. The van der Waals surface area contributed by atoms with Crippen molar-refractivity contribution in [1.29, 1.82) is 0 Å². The Morgan fingerprint density at radius 2 is 0.972 bits per heavy atom. The van der Waals surface area contributed by atoms with E-state index in [0.717, 1.165) is 0 Å². The van der Waals surface area contributed by atoms with Crippen molar-refractivity contribution in [3.63, 3.8) is 0 Å². The monoisotopic (exact) mass is 546 g/mol. The van der Waals surface area contributed by atoms with Gasteiger partial charge in [0, 0.05) is 0 Å². The molecule has 2 aromatic carbocycles. The molecule has 0 aliphatic heterocycles. The maximum atomic E-state index is 12.8. The lowest BCUT2D eigenvalue weighted by atomic mass is 10.0. The maximum Gasteiger partial charge on any atom is 0.338 e. The zero-order chi connectivity index (χ0) is 26.9. The van der Waals surface area contributed by atoms with Crippen LogP contribution in [0.5, 0.6) is 0 Å². The minimum atomic E-state index is -4.28. The Kier molecular flexibility index (Phi) is 10.5. The maximum absolute atomic E-state index is 12.8. The minimum Gasteiger partial charge on any atom is -0.452 e. The Morgan fingerprint density at radius 1 is 0.667 bits per heavy atom. The molecule has 0 spiro atoms. The van der Waals surface area contributed by atoms with E-state index in [1.165, 1.54) is 48.5 Å². The van der Waals surface area contributed by atoms with Crippen molar-refractivity contribution in [2.75, 3.05) is 25.7 Å². The highest BCUT2D eigenvalue weighted by Crippen LogP contribution is 2.23. The highest BCUT2D eigenvalue weighted by molar-refractivity contribution is 7.86. The molecule has 0 amide bonds. The summed E-state index contributed by atoms with van der Waals surface area (Å²) < 4.78 is 67.8. The van der Waals surface area contributed by atoms with Gasteiger partial charge in [-0.15, -0.1) is 0 Å². The normalized spacial score (nSPS) is 15.3. The SMILES string of the molecule is CS(=O)(=O)O[C@H](CO)[C@@H](OC(=O)c1ccccc1)[C@H](OC(=O)c1ccccc1)[C@@H](CO)OS(C)(=O)=O. The summed E-state index contributed by atoms with van der Waals surface area (Å²) in [5.41, 5.74) is -0.00692. The van der Waals surface area contributed by atoms with Gasteiger partial charge in [0.2, 0.25) is 0 Å². The van der Waals surface area contributed by atoms with Crippen LogP contribution in [-0.2, 0) is 38.1 Å². The highest BCUT2D eigenvalue weighted by Gasteiger charge is 2.44. The Balaban J connectivity index is 2.58. The molecule has 198 valence electrons. The molecule has 4 atom stereocenters. The first-order chi connectivity index (χ1) is 16.8. The summed E-state index contributed by atoms with van der Waals surface area (Å²) >= 11 is 0. The van der Waals surface area contributed by atoms with Gasteiger partial charge in [0.25, 0.3) is 20.2 Å². The predicted molar refractivity (Wildman–Crippen MR) is 125 cm³/mol. The van der Waals surface area contributed by atoms with E-state index in [9.17, 15) is 36.6 Å². The second kappa shape index (κ2) is 12.9. The van der Waals surface area contributed by atoms with Crippen molar-refractivity contribution >= 4 is 32.2 Å². The molecular formula is C22H26O12S2. The lowest BCUT2D eigenvalue weighted by Gasteiger charge is -2.34. The van der Waals surface area contributed by atoms with E-state index in [0.29, 0.717) is 12.5 Å². The Morgan fingerprint density at radius 3 is 1.22 bits per heavy atom. The van der Waals surface area contributed by atoms with Gasteiger partial charge in [-0.2, -0.15) is 16.8 Å². The molecule has 0 aliphatic rings. The Labute approximate surface area is 208 Å². The van der Waals surface area contributed by atoms with Crippen LogP contribution in [0.3, 0.4) is 0 Å². The Hall–Kier alpha value is -2.88. The molecule has 14 heteroatoms. The van der Waals surface area contributed by atoms with Gasteiger partial charge < -0.3 is 19.7 Å². The average molecular weight is 547 g/mol. The molecule has 0 fully saturated rings. The van der Waals surface area contributed by atoms with Crippen LogP contribution in [-0.4, -0.2) is 89.1 Å². The summed E-state index contributed by atoms with van der Waals surface area (Å²) in [7, 11) is -8.55. The molecule has 0 heterocycles. The predicted octanol–water partition coefficient (Wildman–Crippen LogP) is 0.112. The van der Waals surface area contributed by atoms with Crippen LogP contribution in [0.4, 0.5) is 0 Å². The third kappa shape index (κ3) is 9.29. The number of rotatable bonds is 13.